The van der Waals surface area contributed by atoms with Gasteiger partial charge in [0.2, 0.25) is 5.28 Å². The summed E-state index contributed by atoms with van der Waals surface area (Å²) in [6.45, 7) is 4.43. The van der Waals surface area contributed by atoms with Crippen molar-refractivity contribution in [2.45, 2.75) is 19.6 Å². The van der Waals surface area contributed by atoms with Crippen LogP contribution in [0.1, 0.15) is 5.82 Å². The van der Waals surface area contributed by atoms with Crippen molar-refractivity contribution >= 4 is 11.6 Å². The predicted molar refractivity (Wildman–Crippen MR) is 50.3 cm³/mol. The van der Waals surface area contributed by atoms with E-state index >= 15 is 0 Å². The molecule has 0 N–H and O–H groups in total. The van der Waals surface area contributed by atoms with Gasteiger partial charge in [-0.2, -0.15) is 0 Å². The van der Waals surface area contributed by atoms with Gasteiger partial charge in [-0.1, -0.05) is 0 Å². The minimum atomic E-state index is 0.0518. The maximum Gasteiger partial charge on any atom is 0.225 e. The van der Waals surface area contributed by atoms with Crippen molar-refractivity contribution in [3.8, 4) is 0 Å². The molecule has 1 fully saturated rings. The molecule has 1 atom stereocenters. The second kappa shape index (κ2) is 4.25. The van der Waals surface area contributed by atoms with Crippen LogP contribution in [0.25, 0.3) is 0 Å². The molecule has 0 spiro atoms. The molecule has 1 saturated heterocycles. The molecular weight excluding hydrogens is 206 g/mol. The van der Waals surface area contributed by atoms with Crippen molar-refractivity contribution in [3.63, 3.8) is 0 Å². The normalized spacial score (nSPS) is 22.6. The molecule has 1 aromatic heterocycles. The van der Waals surface area contributed by atoms with Gasteiger partial charge in [0.25, 0.3) is 0 Å². The van der Waals surface area contributed by atoms with E-state index in [1.165, 1.54) is 0 Å². The summed E-state index contributed by atoms with van der Waals surface area (Å²) in [4.78, 5) is 0. The molecule has 0 bridgehead atoms. The summed E-state index contributed by atoms with van der Waals surface area (Å²) in [5.74, 6) is 0.796. The van der Waals surface area contributed by atoms with Crippen molar-refractivity contribution in [1.82, 2.24) is 14.8 Å². The molecule has 1 aliphatic heterocycles. The van der Waals surface area contributed by atoms with Gasteiger partial charge in [0.1, 0.15) is 5.82 Å². The van der Waals surface area contributed by atoms with Crippen LogP contribution in [-0.2, 0) is 16.0 Å². The minimum Gasteiger partial charge on any atom is -0.376 e. The van der Waals surface area contributed by atoms with Crippen LogP contribution in [0.15, 0.2) is 0 Å². The Kier molecular flexibility index (Phi) is 3.00. The van der Waals surface area contributed by atoms with Gasteiger partial charge < -0.3 is 9.47 Å². The Balaban J connectivity index is 2.02. The first kappa shape index (κ1) is 9.89. The summed E-state index contributed by atoms with van der Waals surface area (Å²) in [7, 11) is 0. The smallest absolute Gasteiger partial charge is 0.225 e. The standard InChI is InChI=1S/C8H12ClN3O2/c1-6-10-11-8(9)12(6)4-7-5-13-2-3-14-7/h7H,2-5H2,1H3. The topological polar surface area (TPSA) is 49.2 Å². The van der Waals surface area contributed by atoms with Crippen molar-refractivity contribution in [2.24, 2.45) is 0 Å². The Hall–Kier alpha value is -0.650. The largest absolute Gasteiger partial charge is 0.376 e. The molecule has 78 valence electrons. The number of halogens is 1. The molecule has 0 aromatic carbocycles. The first-order valence-corrected chi connectivity index (χ1v) is 4.90. The van der Waals surface area contributed by atoms with Gasteiger partial charge in [-0.15, -0.1) is 10.2 Å². The van der Waals surface area contributed by atoms with Gasteiger partial charge in [0.05, 0.1) is 32.5 Å². The molecular formula is C8H12ClN3O2. The zero-order valence-corrected chi connectivity index (χ0v) is 8.70. The molecule has 2 heterocycles. The third-order valence-electron chi connectivity index (χ3n) is 2.16. The highest BCUT2D eigenvalue weighted by molar-refractivity contribution is 6.28. The van der Waals surface area contributed by atoms with Crippen molar-refractivity contribution in [2.75, 3.05) is 19.8 Å². The number of rotatable bonds is 2. The Bertz CT molecular complexity index is 290. The number of hydrogen-bond acceptors (Lipinski definition) is 4. The number of ether oxygens (including phenoxy) is 2. The van der Waals surface area contributed by atoms with E-state index in [9.17, 15) is 0 Å². The van der Waals surface area contributed by atoms with Crippen LogP contribution in [0.3, 0.4) is 0 Å². The lowest BCUT2D eigenvalue weighted by molar-refractivity contribution is -0.0937. The zero-order valence-electron chi connectivity index (χ0n) is 7.94. The molecule has 5 nitrogen and oxygen atoms in total. The highest BCUT2D eigenvalue weighted by atomic mass is 35.5. The lowest BCUT2D eigenvalue weighted by atomic mass is 10.3. The molecule has 0 radical (unpaired) electrons. The van der Waals surface area contributed by atoms with Crippen LogP contribution >= 0.6 is 11.6 Å². The fourth-order valence-electron chi connectivity index (χ4n) is 1.41. The van der Waals surface area contributed by atoms with E-state index in [0.717, 1.165) is 5.82 Å². The average molecular weight is 218 g/mol. The van der Waals surface area contributed by atoms with Crippen LogP contribution < -0.4 is 0 Å². The number of aromatic nitrogens is 3. The van der Waals surface area contributed by atoms with E-state index in [4.69, 9.17) is 21.1 Å². The van der Waals surface area contributed by atoms with Gasteiger partial charge in [-0.25, -0.2) is 0 Å². The first-order chi connectivity index (χ1) is 6.77. The number of nitrogens with zero attached hydrogens (tertiary/aromatic N) is 3. The van der Waals surface area contributed by atoms with E-state index in [1.54, 1.807) is 0 Å². The Morgan fingerprint density at radius 3 is 2.93 bits per heavy atom. The summed E-state index contributed by atoms with van der Waals surface area (Å²) in [5.41, 5.74) is 0. The molecule has 1 aromatic rings. The second-order valence-electron chi connectivity index (χ2n) is 3.19. The maximum atomic E-state index is 5.86. The van der Waals surface area contributed by atoms with Gasteiger partial charge >= 0.3 is 0 Å². The highest BCUT2D eigenvalue weighted by Gasteiger charge is 2.17. The molecule has 0 amide bonds. The summed E-state index contributed by atoms with van der Waals surface area (Å²) in [5, 5.41) is 8.03. The Morgan fingerprint density at radius 1 is 1.50 bits per heavy atom. The van der Waals surface area contributed by atoms with Crippen molar-refractivity contribution in [1.29, 1.82) is 0 Å². The van der Waals surface area contributed by atoms with Crippen molar-refractivity contribution < 1.29 is 9.47 Å². The molecule has 1 aliphatic rings. The molecule has 6 heteroatoms. The summed E-state index contributed by atoms with van der Waals surface area (Å²) in [6, 6.07) is 0. The van der Waals surface area contributed by atoms with Crippen LogP contribution in [0.4, 0.5) is 0 Å². The van der Waals surface area contributed by atoms with E-state index in [-0.39, 0.29) is 6.10 Å². The molecule has 0 aliphatic carbocycles. The van der Waals surface area contributed by atoms with Gasteiger partial charge in [0.15, 0.2) is 0 Å². The SMILES string of the molecule is Cc1nnc(Cl)n1CC1COCCO1. The van der Waals surface area contributed by atoms with E-state index in [0.29, 0.717) is 31.6 Å². The maximum absolute atomic E-state index is 5.86. The van der Waals surface area contributed by atoms with E-state index in [1.807, 2.05) is 11.5 Å². The van der Waals surface area contributed by atoms with E-state index in [2.05, 4.69) is 10.2 Å². The molecule has 0 saturated carbocycles. The highest BCUT2D eigenvalue weighted by Crippen LogP contribution is 2.11. The monoisotopic (exact) mass is 217 g/mol. The van der Waals surface area contributed by atoms with Gasteiger partial charge in [-0.05, 0) is 18.5 Å². The summed E-state index contributed by atoms with van der Waals surface area (Å²) in [6.07, 6.45) is 0.0518. The van der Waals surface area contributed by atoms with Gasteiger partial charge in [-0.3, -0.25) is 4.57 Å². The van der Waals surface area contributed by atoms with Crippen LogP contribution in [-0.4, -0.2) is 40.7 Å². The quantitative estimate of drug-likeness (QED) is 0.730. The first-order valence-electron chi connectivity index (χ1n) is 4.52. The molecule has 2 rings (SSSR count). The molecule has 14 heavy (non-hydrogen) atoms. The lowest BCUT2D eigenvalue weighted by Crippen LogP contribution is -2.32. The predicted octanol–water partition coefficient (Wildman–Crippen LogP) is 0.655. The Morgan fingerprint density at radius 2 is 2.36 bits per heavy atom. The third kappa shape index (κ3) is 2.05. The Labute approximate surface area is 87.0 Å². The third-order valence-corrected chi connectivity index (χ3v) is 2.44. The zero-order chi connectivity index (χ0) is 9.97. The van der Waals surface area contributed by atoms with Crippen LogP contribution in [0.5, 0.6) is 0 Å². The lowest BCUT2D eigenvalue weighted by Gasteiger charge is -2.23. The van der Waals surface area contributed by atoms with Crippen molar-refractivity contribution in [3.05, 3.63) is 11.1 Å². The van der Waals surface area contributed by atoms with Gasteiger partial charge in [0, 0.05) is 0 Å². The van der Waals surface area contributed by atoms with Crippen LogP contribution in [0.2, 0.25) is 5.28 Å². The average Bonchev–Trinajstić information content (AvgIpc) is 2.51. The fraction of sp³-hybridized carbons (Fsp3) is 0.750. The summed E-state index contributed by atoms with van der Waals surface area (Å²) < 4.78 is 12.6. The second-order valence-corrected chi connectivity index (χ2v) is 3.53. The van der Waals surface area contributed by atoms with E-state index < -0.39 is 0 Å². The van der Waals surface area contributed by atoms with Crippen LogP contribution in [0, 0.1) is 6.92 Å². The summed E-state index contributed by atoms with van der Waals surface area (Å²) >= 11 is 5.86. The number of hydrogen-bond donors (Lipinski definition) is 0. The minimum absolute atomic E-state index is 0.0518. The molecule has 1 unspecified atom stereocenters. The number of aryl methyl sites for hydroxylation is 1. The fourth-order valence-corrected chi connectivity index (χ4v) is 1.64.